The second-order valence-electron chi connectivity index (χ2n) is 9.25. The highest BCUT2D eigenvalue weighted by Crippen LogP contribution is 2.34. The van der Waals surface area contributed by atoms with Crippen molar-refractivity contribution in [2.45, 2.75) is 57.0 Å². The van der Waals surface area contributed by atoms with Gasteiger partial charge in [0.05, 0.1) is 17.7 Å². The molecule has 3 N–H and O–H groups in total. The molecular formula is C26H28N8O. The van der Waals surface area contributed by atoms with Crippen LogP contribution < -0.4 is 11.1 Å². The molecule has 2 fully saturated rings. The molecule has 5 rings (SSSR count). The molecule has 3 aromatic rings. The summed E-state index contributed by atoms with van der Waals surface area (Å²) in [5.74, 6) is 1.05. The van der Waals surface area contributed by atoms with Crippen LogP contribution in [-0.4, -0.2) is 37.7 Å². The van der Waals surface area contributed by atoms with Crippen LogP contribution in [0.25, 0.3) is 16.7 Å². The summed E-state index contributed by atoms with van der Waals surface area (Å²) in [5, 5.41) is 12.5. The Morgan fingerprint density at radius 2 is 2.06 bits per heavy atom. The lowest BCUT2D eigenvalue weighted by atomic mass is 10.0. The van der Waals surface area contributed by atoms with E-state index in [9.17, 15) is 10.1 Å². The van der Waals surface area contributed by atoms with Gasteiger partial charge in [0.15, 0.2) is 11.3 Å². The van der Waals surface area contributed by atoms with Crippen molar-refractivity contribution < 1.29 is 4.79 Å². The van der Waals surface area contributed by atoms with E-state index in [2.05, 4.69) is 26.3 Å². The fraction of sp³-hybridized carbons (Fsp3) is 0.385. The number of imidazole rings is 1. The third-order valence-electron chi connectivity index (χ3n) is 6.70. The van der Waals surface area contributed by atoms with Crippen LogP contribution in [0.15, 0.2) is 35.7 Å². The number of carbonyl (C=O) groups is 1. The molecule has 0 radical (unpaired) electrons. The van der Waals surface area contributed by atoms with Crippen LogP contribution in [0.4, 0.5) is 0 Å². The van der Waals surface area contributed by atoms with Crippen molar-refractivity contribution in [2.24, 2.45) is 17.8 Å². The van der Waals surface area contributed by atoms with Crippen molar-refractivity contribution in [3.63, 3.8) is 0 Å². The molecule has 0 bridgehead atoms. The van der Waals surface area contributed by atoms with Crippen molar-refractivity contribution in [3.8, 4) is 6.07 Å². The van der Waals surface area contributed by atoms with E-state index in [1.54, 1.807) is 18.3 Å². The second-order valence-corrected chi connectivity index (χ2v) is 9.25. The van der Waals surface area contributed by atoms with E-state index in [4.69, 9.17) is 10.7 Å². The van der Waals surface area contributed by atoms with Crippen molar-refractivity contribution in [1.82, 2.24) is 24.8 Å². The fourth-order valence-electron chi connectivity index (χ4n) is 4.69. The van der Waals surface area contributed by atoms with Gasteiger partial charge in [0.1, 0.15) is 17.7 Å². The van der Waals surface area contributed by atoms with Crippen LogP contribution in [-0.2, 0) is 13.6 Å². The minimum Gasteiger partial charge on any atom is -0.404 e. The number of allylic oxidation sites excluding steroid dienone is 1. The van der Waals surface area contributed by atoms with Gasteiger partial charge < -0.3 is 15.6 Å². The minimum atomic E-state index is -0.313. The van der Waals surface area contributed by atoms with Gasteiger partial charge in [0.25, 0.3) is 5.91 Å². The molecule has 35 heavy (non-hydrogen) atoms. The van der Waals surface area contributed by atoms with Gasteiger partial charge >= 0.3 is 0 Å². The number of benzene rings is 1. The Hall–Kier alpha value is -4.06. The summed E-state index contributed by atoms with van der Waals surface area (Å²) in [6, 6.07) is 8.00. The number of nitrogens with zero attached hydrogens (tertiary/aromatic N) is 6. The number of nitriles is 1. The maximum absolute atomic E-state index is 13.2. The molecule has 2 saturated carbocycles. The SMILES string of the molecule is Cn1c(C2CCCC2)nc2ncnc(C(=O)NCc3cc(C#N)cc(C(C=NC4CC4)=CN)c3)c21. The van der Waals surface area contributed by atoms with Crippen molar-refractivity contribution in [2.75, 3.05) is 0 Å². The molecule has 9 nitrogen and oxygen atoms in total. The normalized spacial score (nSPS) is 16.7. The largest absolute Gasteiger partial charge is 0.404 e. The summed E-state index contributed by atoms with van der Waals surface area (Å²) >= 11 is 0. The molecule has 9 heteroatoms. The van der Waals surface area contributed by atoms with Gasteiger partial charge in [-0.15, -0.1) is 0 Å². The van der Waals surface area contributed by atoms with E-state index in [-0.39, 0.29) is 12.5 Å². The Morgan fingerprint density at radius 3 is 2.77 bits per heavy atom. The smallest absolute Gasteiger partial charge is 0.272 e. The number of hydrogen-bond acceptors (Lipinski definition) is 7. The molecule has 0 spiro atoms. The summed E-state index contributed by atoms with van der Waals surface area (Å²) < 4.78 is 1.96. The Labute approximate surface area is 203 Å². The number of aliphatic imine (C=N–C) groups is 1. The first kappa shape index (κ1) is 22.7. The van der Waals surface area contributed by atoms with Crippen LogP contribution in [0, 0.1) is 11.3 Å². The van der Waals surface area contributed by atoms with Crippen molar-refractivity contribution >= 4 is 28.9 Å². The van der Waals surface area contributed by atoms with Gasteiger partial charge in [0, 0.05) is 37.5 Å². The monoisotopic (exact) mass is 468 g/mol. The Kier molecular flexibility index (Phi) is 6.27. The average Bonchev–Trinajstić information content (AvgIpc) is 3.42. The Balaban J connectivity index is 1.38. The van der Waals surface area contributed by atoms with E-state index >= 15 is 0 Å². The second kappa shape index (κ2) is 9.66. The van der Waals surface area contributed by atoms with Gasteiger partial charge in [-0.25, -0.2) is 15.0 Å². The van der Waals surface area contributed by atoms with E-state index in [1.165, 1.54) is 25.4 Å². The van der Waals surface area contributed by atoms with Gasteiger partial charge in [-0.1, -0.05) is 12.8 Å². The third-order valence-corrected chi connectivity index (χ3v) is 6.70. The lowest BCUT2D eigenvalue weighted by Gasteiger charge is -2.11. The maximum Gasteiger partial charge on any atom is 0.272 e. The summed E-state index contributed by atoms with van der Waals surface area (Å²) in [6.45, 7) is 0.234. The van der Waals surface area contributed by atoms with Crippen LogP contribution in [0.1, 0.15) is 77.4 Å². The zero-order valence-corrected chi connectivity index (χ0v) is 19.7. The molecule has 1 aromatic carbocycles. The highest BCUT2D eigenvalue weighted by Gasteiger charge is 2.25. The van der Waals surface area contributed by atoms with Gasteiger partial charge in [-0.05, 0) is 55.0 Å². The molecular weight excluding hydrogens is 440 g/mol. The molecule has 0 unspecified atom stereocenters. The number of carbonyl (C=O) groups excluding carboxylic acids is 1. The van der Waals surface area contributed by atoms with Crippen LogP contribution in [0.2, 0.25) is 0 Å². The van der Waals surface area contributed by atoms with Gasteiger partial charge in [0.2, 0.25) is 0 Å². The first-order valence-electron chi connectivity index (χ1n) is 12.0. The topological polar surface area (TPSA) is 135 Å². The summed E-state index contributed by atoms with van der Waals surface area (Å²) in [4.78, 5) is 31.0. The quantitative estimate of drug-likeness (QED) is 0.511. The fourth-order valence-corrected chi connectivity index (χ4v) is 4.69. The lowest BCUT2D eigenvalue weighted by molar-refractivity contribution is 0.0947. The zero-order valence-electron chi connectivity index (χ0n) is 19.7. The van der Waals surface area contributed by atoms with E-state index in [1.807, 2.05) is 17.7 Å². The van der Waals surface area contributed by atoms with Crippen molar-refractivity contribution in [3.05, 3.63) is 58.9 Å². The van der Waals surface area contributed by atoms with Crippen LogP contribution in [0.3, 0.4) is 0 Å². The van der Waals surface area contributed by atoms with E-state index in [0.717, 1.165) is 48.2 Å². The first-order valence-corrected chi connectivity index (χ1v) is 12.0. The molecule has 2 aliphatic rings. The molecule has 178 valence electrons. The van der Waals surface area contributed by atoms with Gasteiger partial charge in [-0.2, -0.15) is 5.26 Å². The van der Waals surface area contributed by atoms with Crippen LogP contribution >= 0.6 is 0 Å². The summed E-state index contributed by atoms with van der Waals surface area (Å²) in [6.07, 6.45) is 11.4. The zero-order chi connectivity index (χ0) is 24.4. The predicted octanol–water partition coefficient (Wildman–Crippen LogP) is 3.36. The molecule has 0 atom stereocenters. The molecule has 1 amide bonds. The summed E-state index contributed by atoms with van der Waals surface area (Å²) in [7, 11) is 1.93. The number of aromatic nitrogens is 4. The van der Waals surface area contributed by atoms with E-state index in [0.29, 0.717) is 34.4 Å². The highest BCUT2D eigenvalue weighted by atomic mass is 16.1. The molecule has 2 aliphatic carbocycles. The molecule has 0 saturated heterocycles. The Bertz CT molecular complexity index is 1370. The van der Waals surface area contributed by atoms with Crippen LogP contribution in [0.5, 0.6) is 0 Å². The lowest BCUT2D eigenvalue weighted by Crippen LogP contribution is -2.25. The highest BCUT2D eigenvalue weighted by molar-refractivity contribution is 6.10. The number of aryl methyl sites for hydroxylation is 1. The number of fused-ring (bicyclic) bond motifs is 1. The predicted molar refractivity (Wildman–Crippen MR) is 134 cm³/mol. The van der Waals surface area contributed by atoms with E-state index < -0.39 is 0 Å². The standard InChI is InChI=1S/C26H28N8O/c1-34-23-22(31-15-32-24(23)33-25(34)18-4-2-3-5-18)26(35)30-13-17-8-16(11-27)9-19(10-17)20(12-28)14-29-21-6-7-21/h8-10,12,14-15,18,21H,2-7,13,28H2,1H3,(H,30,35). The number of nitrogens with one attached hydrogen (secondary N) is 1. The minimum absolute atomic E-state index is 0.234. The third kappa shape index (κ3) is 4.78. The first-order chi connectivity index (χ1) is 17.1. The van der Waals surface area contributed by atoms with Gasteiger partial charge in [-0.3, -0.25) is 9.79 Å². The molecule has 2 heterocycles. The number of hydrogen-bond donors (Lipinski definition) is 2. The number of nitrogens with two attached hydrogens (primary N) is 1. The number of rotatable bonds is 7. The van der Waals surface area contributed by atoms with Crippen molar-refractivity contribution in [1.29, 1.82) is 5.26 Å². The molecule has 0 aliphatic heterocycles. The average molecular weight is 469 g/mol. The Morgan fingerprint density at radius 1 is 1.26 bits per heavy atom. The summed E-state index contributed by atoms with van der Waals surface area (Å²) in [5.41, 5.74) is 10.1. The molecule has 2 aromatic heterocycles. The number of amides is 1. The maximum atomic E-state index is 13.2.